The Balaban J connectivity index is 1.82. The van der Waals surface area contributed by atoms with Crippen molar-refractivity contribution in [3.63, 3.8) is 0 Å². The van der Waals surface area contributed by atoms with Crippen molar-refractivity contribution in [2.75, 3.05) is 25.0 Å². The van der Waals surface area contributed by atoms with E-state index >= 15 is 0 Å². The number of carbonyl (C=O) groups excluding carboxylic acids is 1. The van der Waals surface area contributed by atoms with Crippen molar-refractivity contribution in [3.8, 4) is 0 Å². The molecule has 2 rings (SSSR count). The number of halogens is 3. The molecular weight excluding hydrogens is 295 g/mol. The van der Waals surface area contributed by atoms with Gasteiger partial charge in [0, 0.05) is 6.54 Å². The molecule has 2 amide bonds. The molecule has 22 heavy (non-hydrogen) atoms. The highest BCUT2D eigenvalue weighted by Crippen LogP contribution is 2.34. The zero-order valence-corrected chi connectivity index (χ0v) is 12.2. The van der Waals surface area contributed by atoms with Crippen molar-refractivity contribution in [2.24, 2.45) is 5.92 Å². The van der Waals surface area contributed by atoms with Crippen LogP contribution in [-0.4, -0.2) is 25.7 Å². The number of hydrogen-bond acceptors (Lipinski definition) is 2. The third-order valence-electron chi connectivity index (χ3n) is 3.72. The van der Waals surface area contributed by atoms with E-state index in [2.05, 4.69) is 16.0 Å². The molecule has 1 saturated heterocycles. The fourth-order valence-electron chi connectivity index (χ4n) is 2.57. The van der Waals surface area contributed by atoms with E-state index in [1.165, 1.54) is 18.2 Å². The van der Waals surface area contributed by atoms with Gasteiger partial charge in [-0.05, 0) is 50.4 Å². The quantitative estimate of drug-likeness (QED) is 0.799. The number of rotatable bonds is 4. The van der Waals surface area contributed by atoms with Crippen LogP contribution in [0.4, 0.5) is 23.7 Å². The van der Waals surface area contributed by atoms with Crippen LogP contribution >= 0.6 is 0 Å². The predicted molar refractivity (Wildman–Crippen MR) is 78.7 cm³/mol. The Hall–Kier alpha value is -1.76. The first-order chi connectivity index (χ1) is 10.5. The van der Waals surface area contributed by atoms with Crippen molar-refractivity contribution in [2.45, 2.75) is 25.4 Å². The van der Waals surface area contributed by atoms with Crippen LogP contribution in [0, 0.1) is 5.92 Å². The Bertz CT molecular complexity index is 499. The van der Waals surface area contributed by atoms with Gasteiger partial charge >= 0.3 is 12.2 Å². The molecule has 1 aromatic carbocycles. The average Bonchev–Trinajstić information content (AvgIpc) is 2.48. The summed E-state index contributed by atoms with van der Waals surface area (Å²) in [6.07, 6.45) is -1.43. The van der Waals surface area contributed by atoms with Crippen LogP contribution in [-0.2, 0) is 6.18 Å². The smallest absolute Gasteiger partial charge is 0.338 e. The van der Waals surface area contributed by atoms with Crippen molar-refractivity contribution in [1.29, 1.82) is 0 Å². The van der Waals surface area contributed by atoms with E-state index in [9.17, 15) is 18.0 Å². The minimum atomic E-state index is -4.49. The van der Waals surface area contributed by atoms with E-state index in [1.54, 1.807) is 0 Å². The molecule has 0 saturated carbocycles. The second-order valence-electron chi connectivity index (χ2n) is 5.43. The molecule has 1 heterocycles. The molecule has 7 heteroatoms. The molecule has 1 atom stereocenters. The Labute approximate surface area is 127 Å². The first-order valence-electron chi connectivity index (χ1n) is 7.38. The Morgan fingerprint density at radius 2 is 2.09 bits per heavy atom. The summed E-state index contributed by atoms with van der Waals surface area (Å²) in [6.45, 7) is 2.41. The fraction of sp³-hybridized carbons (Fsp3) is 0.533. The van der Waals surface area contributed by atoms with E-state index < -0.39 is 17.8 Å². The lowest BCUT2D eigenvalue weighted by Gasteiger charge is -2.22. The Morgan fingerprint density at radius 1 is 1.32 bits per heavy atom. The highest BCUT2D eigenvalue weighted by Gasteiger charge is 2.33. The maximum absolute atomic E-state index is 12.8. The summed E-state index contributed by atoms with van der Waals surface area (Å²) in [5, 5.41) is 8.16. The normalized spacial score (nSPS) is 18.8. The van der Waals surface area contributed by atoms with Crippen LogP contribution in [0.1, 0.15) is 24.8 Å². The van der Waals surface area contributed by atoms with Crippen LogP contribution < -0.4 is 16.0 Å². The molecule has 1 aromatic rings. The molecule has 3 N–H and O–H groups in total. The highest BCUT2D eigenvalue weighted by molar-refractivity contribution is 5.90. The van der Waals surface area contributed by atoms with Gasteiger partial charge in [-0.1, -0.05) is 12.1 Å². The molecule has 0 radical (unpaired) electrons. The summed E-state index contributed by atoms with van der Waals surface area (Å²) < 4.78 is 38.4. The second kappa shape index (κ2) is 7.49. The van der Waals surface area contributed by atoms with Crippen LogP contribution in [0.5, 0.6) is 0 Å². The number of piperidine rings is 1. The lowest BCUT2D eigenvalue weighted by molar-refractivity contribution is -0.136. The van der Waals surface area contributed by atoms with Gasteiger partial charge < -0.3 is 16.0 Å². The van der Waals surface area contributed by atoms with E-state index in [0.717, 1.165) is 38.4 Å². The van der Waals surface area contributed by atoms with Gasteiger partial charge in [-0.25, -0.2) is 4.79 Å². The van der Waals surface area contributed by atoms with Crippen LogP contribution in [0.2, 0.25) is 0 Å². The van der Waals surface area contributed by atoms with Gasteiger partial charge in [-0.3, -0.25) is 0 Å². The van der Waals surface area contributed by atoms with Gasteiger partial charge in [-0.2, -0.15) is 13.2 Å². The van der Waals surface area contributed by atoms with Crippen molar-refractivity contribution < 1.29 is 18.0 Å². The molecule has 4 nitrogen and oxygen atoms in total. The summed E-state index contributed by atoms with van der Waals surface area (Å²) in [4.78, 5) is 11.7. The zero-order chi connectivity index (χ0) is 16.0. The van der Waals surface area contributed by atoms with E-state index in [0.29, 0.717) is 12.5 Å². The Kier molecular flexibility index (Phi) is 5.65. The van der Waals surface area contributed by atoms with Gasteiger partial charge in [-0.15, -0.1) is 0 Å². The maximum atomic E-state index is 12.8. The molecule has 1 aliphatic heterocycles. The van der Waals surface area contributed by atoms with Crippen molar-refractivity contribution >= 4 is 11.7 Å². The molecule has 1 aliphatic rings. The predicted octanol–water partition coefficient (Wildman–Crippen LogP) is 3.22. The van der Waals surface area contributed by atoms with Crippen molar-refractivity contribution in [3.05, 3.63) is 29.8 Å². The molecule has 0 bridgehead atoms. The number of para-hydroxylation sites is 1. The number of amides is 2. The van der Waals surface area contributed by atoms with Gasteiger partial charge in [0.1, 0.15) is 0 Å². The number of urea groups is 1. The number of carbonyl (C=O) groups is 1. The molecule has 0 spiro atoms. The summed E-state index contributed by atoms with van der Waals surface area (Å²) >= 11 is 0. The molecule has 1 unspecified atom stereocenters. The van der Waals surface area contributed by atoms with Gasteiger partial charge in [0.15, 0.2) is 0 Å². The van der Waals surface area contributed by atoms with Crippen LogP contribution in [0.15, 0.2) is 24.3 Å². The number of alkyl halides is 3. The summed E-state index contributed by atoms with van der Waals surface area (Å²) in [6, 6.07) is 4.33. The topological polar surface area (TPSA) is 53.2 Å². The van der Waals surface area contributed by atoms with E-state index in [1.807, 2.05) is 0 Å². The first kappa shape index (κ1) is 16.6. The van der Waals surface area contributed by atoms with Gasteiger partial charge in [0.2, 0.25) is 0 Å². The molecule has 0 aliphatic carbocycles. The minimum absolute atomic E-state index is 0.230. The molecular formula is C15H20F3N3O. The zero-order valence-electron chi connectivity index (χ0n) is 12.2. The van der Waals surface area contributed by atoms with Crippen LogP contribution in [0.3, 0.4) is 0 Å². The molecule has 1 fully saturated rings. The number of anilines is 1. The summed E-state index contributed by atoms with van der Waals surface area (Å²) in [5.74, 6) is 0.511. The average molecular weight is 315 g/mol. The molecule has 122 valence electrons. The standard InChI is InChI=1S/C15H20F3N3O/c16-15(17,18)12-5-1-2-6-13(12)21-14(22)20-9-7-11-4-3-8-19-10-11/h1-2,5-6,11,19H,3-4,7-10H2,(H2,20,21,22). The summed E-state index contributed by atoms with van der Waals surface area (Å²) in [5.41, 5.74) is -1.08. The monoisotopic (exact) mass is 315 g/mol. The third kappa shape index (κ3) is 4.91. The van der Waals surface area contributed by atoms with Crippen LogP contribution in [0.25, 0.3) is 0 Å². The minimum Gasteiger partial charge on any atom is -0.338 e. The number of benzene rings is 1. The fourth-order valence-corrected chi connectivity index (χ4v) is 2.57. The lowest BCUT2D eigenvalue weighted by atomic mass is 9.96. The largest absolute Gasteiger partial charge is 0.418 e. The Morgan fingerprint density at radius 3 is 2.77 bits per heavy atom. The van der Waals surface area contributed by atoms with Gasteiger partial charge in [0.25, 0.3) is 0 Å². The highest BCUT2D eigenvalue weighted by atomic mass is 19.4. The third-order valence-corrected chi connectivity index (χ3v) is 3.72. The number of nitrogens with one attached hydrogen (secondary N) is 3. The SMILES string of the molecule is O=C(NCCC1CCCNC1)Nc1ccccc1C(F)(F)F. The van der Waals surface area contributed by atoms with E-state index in [-0.39, 0.29) is 5.69 Å². The van der Waals surface area contributed by atoms with Gasteiger partial charge in [0.05, 0.1) is 11.3 Å². The maximum Gasteiger partial charge on any atom is 0.418 e. The molecule has 0 aromatic heterocycles. The summed E-state index contributed by atoms with van der Waals surface area (Å²) in [7, 11) is 0. The second-order valence-corrected chi connectivity index (χ2v) is 5.43. The van der Waals surface area contributed by atoms with E-state index in [4.69, 9.17) is 0 Å². The lowest BCUT2D eigenvalue weighted by Crippen LogP contribution is -2.35. The first-order valence-corrected chi connectivity index (χ1v) is 7.38. The number of hydrogen-bond donors (Lipinski definition) is 3. The van der Waals surface area contributed by atoms with Crippen molar-refractivity contribution in [1.82, 2.24) is 10.6 Å².